The number of hydrogen-bond acceptors (Lipinski definition) is 1. The molecule has 15 heavy (non-hydrogen) atoms. The number of hydrogen-bond donors (Lipinski definition) is 1. The number of aryl methyl sites for hydroxylation is 2. The Bertz CT molecular complexity index is 455. The van der Waals surface area contributed by atoms with Crippen LogP contribution in [0.15, 0.2) is 30.5 Å². The van der Waals surface area contributed by atoms with Gasteiger partial charge < -0.3 is 10.3 Å². The number of fused-ring (bicyclic) bond motifs is 1. The van der Waals surface area contributed by atoms with Gasteiger partial charge in [-0.2, -0.15) is 0 Å². The lowest BCUT2D eigenvalue weighted by atomic mass is 10.1. The fourth-order valence-corrected chi connectivity index (χ4v) is 2.01. The van der Waals surface area contributed by atoms with Crippen LogP contribution in [0, 0.1) is 0 Å². The van der Waals surface area contributed by atoms with E-state index in [0.717, 1.165) is 12.8 Å². The zero-order valence-electron chi connectivity index (χ0n) is 9.40. The molecule has 0 saturated heterocycles. The van der Waals surface area contributed by atoms with Crippen molar-refractivity contribution in [2.24, 2.45) is 12.8 Å². The van der Waals surface area contributed by atoms with E-state index in [0.29, 0.717) is 0 Å². The molecule has 0 spiro atoms. The van der Waals surface area contributed by atoms with Crippen LogP contribution in [0.1, 0.15) is 18.9 Å². The summed E-state index contributed by atoms with van der Waals surface area (Å²) in [5, 5.41) is 1.36. The molecule has 2 nitrogen and oxygen atoms in total. The van der Waals surface area contributed by atoms with Crippen LogP contribution in [0.3, 0.4) is 0 Å². The minimum absolute atomic E-state index is 0.281. The maximum atomic E-state index is 5.78. The molecule has 1 aromatic heterocycles. The van der Waals surface area contributed by atoms with Gasteiger partial charge in [0.15, 0.2) is 0 Å². The molecule has 1 atom stereocenters. The van der Waals surface area contributed by atoms with Crippen LogP contribution in [0.5, 0.6) is 0 Å². The van der Waals surface area contributed by atoms with Gasteiger partial charge in [-0.15, -0.1) is 0 Å². The van der Waals surface area contributed by atoms with Gasteiger partial charge in [-0.05, 0) is 31.4 Å². The largest absolute Gasteiger partial charge is 0.350 e. The molecular weight excluding hydrogens is 184 g/mol. The van der Waals surface area contributed by atoms with Crippen molar-refractivity contribution in [1.29, 1.82) is 0 Å². The number of rotatable bonds is 3. The van der Waals surface area contributed by atoms with Crippen molar-refractivity contribution in [3.63, 3.8) is 0 Å². The van der Waals surface area contributed by atoms with Gasteiger partial charge in [0.25, 0.3) is 0 Å². The van der Waals surface area contributed by atoms with Crippen LogP contribution in [-0.2, 0) is 13.5 Å². The van der Waals surface area contributed by atoms with Crippen LogP contribution < -0.4 is 5.73 Å². The van der Waals surface area contributed by atoms with E-state index in [4.69, 9.17) is 5.73 Å². The fraction of sp³-hybridized carbons (Fsp3) is 0.385. The van der Waals surface area contributed by atoms with E-state index in [-0.39, 0.29) is 6.04 Å². The topological polar surface area (TPSA) is 30.9 Å². The summed E-state index contributed by atoms with van der Waals surface area (Å²) in [6.45, 7) is 2.06. The SMILES string of the molecule is C[C@@H](N)CCc1cn(C)c2ccccc12. The monoisotopic (exact) mass is 202 g/mol. The summed E-state index contributed by atoms with van der Waals surface area (Å²) in [7, 11) is 2.09. The van der Waals surface area contributed by atoms with Crippen molar-refractivity contribution >= 4 is 10.9 Å². The van der Waals surface area contributed by atoms with Crippen molar-refractivity contribution < 1.29 is 0 Å². The molecule has 2 N–H and O–H groups in total. The van der Waals surface area contributed by atoms with E-state index in [1.165, 1.54) is 16.5 Å². The Morgan fingerprint density at radius 1 is 1.33 bits per heavy atom. The number of para-hydroxylation sites is 1. The molecule has 0 saturated carbocycles. The molecule has 0 aliphatic carbocycles. The Hall–Kier alpha value is -1.28. The van der Waals surface area contributed by atoms with E-state index in [9.17, 15) is 0 Å². The number of aromatic nitrogens is 1. The average molecular weight is 202 g/mol. The highest BCUT2D eigenvalue weighted by atomic mass is 14.9. The molecule has 0 unspecified atom stereocenters. The molecule has 0 radical (unpaired) electrons. The van der Waals surface area contributed by atoms with Gasteiger partial charge in [-0.25, -0.2) is 0 Å². The molecule has 80 valence electrons. The lowest BCUT2D eigenvalue weighted by molar-refractivity contribution is 0.667. The maximum absolute atomic E-state index is 5.78. The molecule has 0 aliphatic heterocycles. The first-order chi connectivity index (χ1) is 7.18. The summed E-state index contributed by atoms with van der Waals surface area (Å²) >= 11 is 0. The first kappa shape index (κ1) is 10.2. The first-order valence-electron chi connectivity index (χ1n) is 5.47. The van der Waals surface area contributed by atoms with Gasteiger partial charge in [0.2, 0.25) is 0 Å². The van der Waals surface area contributed by atoms with Crippen LogP contribution in [-0.4, -0.2) is 10.6 Å². The van der Waals surface area contributed by atoms with Gasteiger partial charge in [-0.1, -0.05) is 18.2 Å². The molecule has 2 rings (SSSR count). The summed E-state index contributed by atoms with van der Waals surface area (Å²) in [5.41, 5.74) is 8.50. The summed E-state index contributed by atoms with van der Waals surface area (Å²) in [6, 6.07) is 8.80. The first-order valence-corrected chi connectivity index (χ1v) is 5.47. The Kier molecular flexibility index (Phi) is 2.78. The van der Waals surface area contributed by atoms with Gasteiger partial charge in [-0.3, -0.25) is 0 Å². The molecule has 0 fully saturated rings. The fourth-order valence-electron chi connectivity index (χ4n) is 2.01. The quantitative estimate of drug-likeness (QED) is 0.814. The van der Waals surface area contributed by atoms with Gasteiger partial charge >= 0.3 is 0 Å². The zero-order valence-corrected chi connectivity index (χ0v) is 9.40. The standard InChI is InChI=1S/C13H18N2/c1-10(14)7-8-11-9-15(2)13-6-4-3-5-12(11)13/h3-6,9-10H,7-8,14H2,1-2H3/t10-/m1/s1. The van der Waals surface area contributed by atoms with E-state index >= 15 is 0 Å². The highest BCUT2D eigenvalue weighted by Gasteiger charge is 2.05. The van der Waals surface area contributed by atoms with Gasteiger partial charge in [0.05, 0.1) is 0 Å². The molecule has 2 aromatic rings. The molecule has 2 heteroatoms. The van der Waals surface area contributed by atoms with Gasteiger partial charge in [0, 0.05) is 30.2 Å². The highest BCUT2D eigenvalue weighted by molar-refractivity contribution is 5.83. The normalized spacial score (nSPS) is 13.3. The molecule has 0 bridgehead atoms. The van der Waals surface area contributed by atoms with E-state index in [2.05, 4.69) is 49.0 Å². The van der Waals surface area contributed by atoms with Crippen molar-refractivity contribution in [2.75, 3.05) is 0 Å². The Morgan fingerprint density at radius 3 is 2.80 bits per heavy atom. The lowest BCUT2D eigenvalue weighted by Crippen LogP contribution is -2.15. The van der Waals surface area contributed by atoms with E-state index in [1.807, 2.05) is 0 Å². The molecular formula is C13H18N2. The summed E-state index contributed by atoms with van der Waals surface area (Å²) in [6.07, 6.45) is 4.33. The number of nitrogens with two attached hydrogens (primary N) is 1. The third-order valence-corrected chi connectivity index (χ3v) is 2.85. The third-order valence-electron chi connectivity index (χ3n) is 2.85. The molecule has 0 aliphatic rings. The predicted octanol–water partition coefficient (Wildman–Crippen LogP) is 2.46. The van der Waals surface area contributed by atoms with E-state index in [1.54, 1.807) is 0 Å². The minimum Gasteiger partial charge on any atom is -0.350 e. The van der Waals surface area contributed by atoms with Gasteiger partial charge in [0.1, 0.15) is 0 Å². The predicted molar refractivity (Wildman–Crippen MR) is 64.9 cm³/mol. The Morgan fingerprint density at radius 2 is 2.07 bits per heavy atom. The van der Waals surface area contributed by atoms with Crippen LogP contribution in [0.25, 0.3) is 10.9 Å². The molecule has 0 amide bonds. The van der Waals surface area contributed by atoms with Crippen LogP contribution in [0.4, 0.5) is 0 Å². The number of nitrogens with zero attached hydrogens (tertiary/aromatic N) is 1. The van der Waals surface area contributed by atoms with Crippen molar-refractivity contribution in [3.05, 3.63) is 36.0 Å². The smallest absolute Gasteiger partial charge is 0.0480 e. The number of benzene rings is 1. The van der Waals surface area contributed by atoms with Crippen LogP contribution >= 0.6 is 0 Å². The van der Waals surface area contributed by atoms with Crippen molar-refractivity contribution in [2.45, 2.75) is 25.8 Å². The highest BCUT2D eigenvalue weighted by Crippen LogP contribution is 2.21. The Labute approximate surface area is 90.7 Å². The van der Waals surface area contributed by atoms with E-state index < -0.39 is 0 Å². The van der Waals surface area contributed by atoms with Crippen molar-refractivity contribution in [1.82, 2.24) is 4.57 Å². The second-order valence-electron chi connectivity index (χ2n) is 4.30. The summed E-state index contributed by atoms with van der Waals surface area (Å²) < 4.78 is 2.19. The Balaban J connectivity index is 2.35. The average Bonchev–Trinajstić information content (AvgIpc) is 2.54. The van der Waals surface area contributed by atoms with Crippen molar-refractivity contribution in [3.8, 4) is 0 Å². The second-order valence-corrected chi connectivity index (χ2v) is 4.30. The minimum atomic E-state index is 0.281. The lowest BCUT2D eigenvalue weighted by Gasteiger charge is -2.03. The summed E-state index contributed by atoms with van der Waals surface area (Å²) in [4.78, 5) is 0. The third kappa shape index (κ3) is 2.05. The maximum Gasteiger partial charge on any atom is 0.0480 e. The zero-order chi connectivity index (χ0) is 10.8. The molecule has 1 aromatic carbocycles. The van der Waals surface area contributed by atoms with Crippen LogP contribution in [0.2, 0.25) is 0 Å². The molecule has 1 heterocycles. The summed E-state index contributed by atoms with van der Waals surface area (Å²) in [5.74, 6) is 0. The second kappa shape index (κ2) is 4.07.